The minimum atomic E-state index is -0.183. The van der Waals surface area contributed by atoms with Crippen LogP contribution in [0.25, 0.3) is 5.69 Å². The second-order valence-corrected chi connectivity index (χ2v) is 8.71. The molecule has 1 unspecified atom stereocenters. The molecule has 1 aromatic carbocycles. The van der Waals surface area contributed by atoms with Gasteiger partial charge in [0.1, 0.15) is 0 Å². The molecule has 144 valence electrons. The number of nitrogens with one attached hydrogen (secondary N) is 1. The Morgan fingerprint density at radius 1 is 1.26 bits per heavy atom. The number of rotatable bonds is 4. The monoisotopic (exact) mass is 366 g/mol. The Morgan fingerprint density at radius 3 is 2.67 bits per heavy atom. The van der Waals surface area contributed by atoms with Crippen LogP contribution in [0.4, 0.5) is 0 Å². The first-order valence-corrected chi connectivity index (χ1v) is 9.94. The molecule has 1 N–H and O–H groups in total. The molecular weight excluding hydrogens is 336 g/mol. The summed E-state index contributed by atoms with van der Waals surface area (Å²) in [6, 6.07) is 10.4. The van der Waals surface area contributed by atoms with Gasteiger partial charge in [-0.05, 0) is 75.4 Å². The van der Waals surface area contributed by atoms with E-state index in [0.29, 0.717) is 12.5 Å². The van der Waals surface area contributed by atoms with Crippen LogP contribution in [0.15, 0.2) is 30.3 Å². The molecule has 2 heterocycles. The van der Waals surface area contributed by atoms with Crippen LogP contribution in [-0.4, -0.2) is 40.7 Å². The smallest absolute Gasteiger partial charge is 0.229 e. The van der Waals surface area contributed by atoms with Gasteiger partial charge in [-0.15, -0.1) is 0 Å². The number of carbonyl (C=O) groups excluding carboxylic acids is 1. The van der Waals surface area contributed by atoms with E-state index in [1.807, 2.05) is 29.6 Å². The molecule has 1 amide bonds. The summed E-state index contributed by atoms with van der Waals surface area (Å²) >= 11 is 0. The second kappa shape index (κ2) is 6.48. The lowest BCUT2D eigenvalue weighted by Crippen LogP contribution is -2.39. The molecule has 1 aliphatic carbocycles. The Bertz CT molecular complexity index is 865. The number of hydrogen-bond donors (Lipinski definition) is 1. The molecule has 1 saturated heterocycles. The largest absolute Gasteiger partial charge is 0.341 e. The van der Waals surface area contributed by atoms with E-state index in [4.69, 9.17) is 0 Å². The number of amides is 1. The van der Waals surface area contributed by atoms with Crippen molar-refractivity contribution in [1.29, 1.82) is 0 Å². The Labute approximate surface area is 161 Å². The summed E-state index contributed by atoms with van der Waals surface area (Å²) in [5.41, 5.74) is 4.37. The predicted octanol–water partition coefficient (Wildman–Crippen LogP) is 3.23. The van der Waals surface area contributed by atoms with Gasteiger partial charge in [-0.1, -0.05) is 19.1 Å². The van der Waals surface area contributed by atoms with E-state index < -0.39 is 0 Å². The van der Waals surface area contributed by atoms with Crippen molar-refractivity contribution in [3.8, 4) is 5.69 Å². The van der Waals surface area contributed by atoms with Gasteiger partial charge >= 0.3 is 0 Å². The van der Waals surface area contributed by atoms with Gasteiger partial charge < -0.3 is 10.2 Å². The van der Waals surface area contributed by atoms with Crippen LogP contribution in [0, 0.1) is 24.7 Å². The van der Waals surface area contributed by atoms with Crippen LogP contribution >= 0.6 is 0 Å². The lowest BCUT2D eigenvalue weighted by Gasteiger charge is -2.30. The van der Waals surface area contributed by atoms with Crippen molar-refractivity contribution in [2.75, 3.05) is 20.1 Å². The highest BCUT2D eigenvalue weighted by atomic mass is 16.2. The highest BCUT2D eigenvalue weighted by Crippen LogP contribution is 2.68. The van der Waals surface area contributed by atoms with E-state index in [-0.39, 0.29) is 10.8 Å². The third kappa shape index (κ3) is 3.08. The summed E-state index contributed by atoms with van der Waals surface area (Å²) in [6.45, 7) is 8.95. The van der Waals surface area contributed by atoms with Crippen molar-refractivity contribution in [1.82, 2.24) is 20.0 Å². The minimum Gasteiger partial charge on any atom is -0.341 e. The Hall–Kier alpha value is -2.14. The normalized spacial score (nSPS) is 23.4. The van der Waals surface area contributed by atoms with Crippen molar-refractivity contribution in [3.05, 3.63) is 47.3 Å². The first-order chi connectivity index (χ1) is 12.8. The molecule has 27 heavy (non-hydrogen) atoms. The van der Waals surface area contributed by atoms with Gasteiger partial charge in [0.2, 0.25) is 5.91 Å². The van der Waals surface area contributed by atoms with Gasteiger partial charge in [0.05, 0.1) is 16.8 Å². The molecule has 1 spiro atoms. The van der Waals surface area contributed by atoms with Crippen LogP contribution < -0.4 is 5.32 Å². The summed E-state index contributed by atoms with van der Waals surface area (Å²) < 4.78 is 1.97. The van der Waals surface area contributed by atoms with Crippen molar-refractivity contribution in [3.63, 3.8) is 0 Å². The van der Waals surface area contributed by atoms with E-state index in [1.165, 1.54) is 0 Å². The molecule has 1 aliphatic heterocycles. The Balaban J connectivity index is 1.49. The molecule has 0 bridgehead atoms. The van der Waals surface area contributed by atoms with Crippen molar-refractivity contribution < 1.29 is 4.79 Å². The van der Waals surface area contributed by atoms with E-state index in [0.717, 1.165) is 55.0 Å². The Morgan fingerprint density at radius 2 is 2.00 bits per heavy atom. The zero-order valence-electron chi connectivity index (χ0n) is 16.9. The molecule has 1 aromatic heterocycles. The summed E-state index contributed by atoms with van der Waals surface area (Å²) in [6.07, 6.45) is 3.28. The average Bonchev–Trinajstić information content (AvgIpc) is 3.05. The zero-order chi connectivity index (χ0) is 19.2. The molecular formula is C22H30N4O. The molecule has 5 heteroatoms. The number of aromatic nitrogens is 2. The fraction of sp³-hybridized carbons (Fsp3) is 0.545. The number of nitrogens with zero attached hydrogens (tertiary/aromatic N) is 3. The van der Waals surface area contributed by atoms with Crippen molar-refractivity contribution in [2.24, 2.45) is 10.8 Å². The molecule has 2 aliphatic rings. The average molecular weight is 367 g/mol. The third-order valence-electron chi connectivity index (χ3n) is 6.70. The third-order valence-corrected chi connectivity index (χ3v) is 6.70. The second-order valence-electron chi connectivity index (χ2n) is 8.71. The topological polar surface area (TPSA) is 50.2 Å². The van der Waals surface area contributed by atoms with Gasteiger partial charge in [0.15, 0.2) is 0 Å². The minimum absolute atomic E-state index is 0.183. The molecule has 2 fully saturated rings. The van der Waals surface area contributed by atoms with Crippen molar-refractivity contribution in [2.45, 2.75) is 46.6 Å². The standard InChI is InChI=1S/C22H30N4O/c1-16-12-17(2)26(24-16)19-7-5-6-18(13-19)14-25(4)20(27)21(3)15-22(21)8-10-23-11-9-22/h5-7,12-13,23H,8-11,14-15H2,1-4H3. The molecule has 2 aromatic rings. The zero-order valence-corrected chi connectivity index (χ0v) is 16.9. The highest BCUT2D eigenvalue weighted by Gasteiger charge is 2.68. The van der Waals surface area contributed by atoms with E-state index >= 15 is 0 Å². The van der Waals surface area contributed by atoms with Crippen LogP contribution in [0.1, 0.15) is 43.1 Å². The number of hydrogen-bond acceptors (Lipinski definition) is 3. The summed E-state index contributed by atoms with van der Waals surface area (Å²) in [5.74, 6) is 0.293. The van der Waals surface area contributed by atoms with Crippen LogP contribution in [0.3, 0.4) is 0 Å². The predicted molar refractivity (Wildman–Crippen MR) is 107 cm³/mol. The van der Waals surface area contributed by atoms with E-state index in [1.54, 1.807) is 0 Å². The summed E-state index contributed by atoms with van der Waals surface area (Å²) in [5, 5.41) is 7.99. The maximum absolute atomic E-state index is 13.2. The lowest BCUT2D eigenvalue weighted by molar-refractivity contribution is -0.137. The number of carbonyl (C=O) groups is 1. The maximum Gasteiger partial charge on any atom is 0.229 e. The Kier molecular flexibility index (Phi) is 4.38. The van der Waals surface area contributed by atoms with Gasteiger partial charge in [0, 0.05) is 19.3 Å². The quantitative estimate of drug-likeness (QED) is 0.904. The molecule has 5 nitrogen and oxygen atoms in total. The maximum atomic E-state index is 13.2. The molecule has 0 radical (unpaired) electrons. The first kappa shape index (κ1) is 18.2. The fourth-order valence-corrected chi connectivity index (χ4v) is 5.01. The number of aryl methyl sites for hydroxylation is 2. The highest BCUT2D eigenvalue weighted by molar-refractivity contribution is 5.86. The van der Waals surface area contributed by atoms with Gasteiger partial charge in [-0.2, -0.15) is 5.10 Å². The lowest BCUT2D eigenvalue weighted by atomic mass is 9.85. The molecule has 4 rings (SSSR count). The van der Waals surface area contributed by atoms with Gasteiger partial charge in [-0.3, -0.25) is 4.79 Å². The SMILES string of the molecule is Cc1cc(C)n(-c2cccc(CN(C)C(=O)C3(C)CC34CCNCC4)c2)n1. The van der Waals surface area contributed by atoms with Crippen LogP contribution in [0.5, 0.6) is 0 Å². The summed E-state index contributed by atoms with van der Waals surface area (Å²) in [7, 11) is 1.94. The van der Waals surface area contributed by atoms with Crippen molar-refractivity contribution >= 4 is 5.91 Å². The fourth-order valence-electron chi connectivity index (χ4n) is 5.01. The molecule has 1 saturated carbocycles. The van der Waals surface area contributed by atoms with Crippen LogP contribution in [-0.2, 0) is 11.3 Å². The van der Waals surface area contributed by atoms with Gasteiger partial charge in [0.25, 0.3) is 0 Å². The summed E-state index contributed by atoms with van der Waals surface area (Å²) in [4.78, 5) is 15.1. The van der Waals surface area contributed by atoms with Gasteiger partial charge in [-0.25, -0.2) is 4.68 Å². The van der Waals surface area contributed by atoms with Crippen LogP contribution in [0.2, 0.25) is 0 Å². The number of benzene rings is 1. The first-order valence-electron chi connectivity index (χ1n) is 9.94. The molecule has 1 atom stereocenters. The number of piperidine rings is 1. The van der Waals surface area contributed by atoms with E-state index in [9.17, 15) is 4.79 Å². The van der Waals surface area contributed by atoms with E-state index in [2.05, 4.69) is 48.5 Å².